The molecule has 4 aromatic rings. The lowest BCUT2D eigenvalue weighted by Crippen LogP contribution is -2.04. The van der Waals surface area contributed by atoms with Crippen molar-refractivity contribution in [2.45, 2.75) is 13.1 Å². The summed E-state index contributed by atoms with van der Waals surface area (Å²) < 4.78 is 38.6. The number of hydrogen-bond acceptors (Lipinski definition) is 4. The lowest BCUT2D eigenvalue weighted by atomic mass is 10.0. The van der Waals surface area contributed by atoms with E-state index in [0.717, 1.165) is 12.1 Å². The highest BCUT2D eigenvalue weighted by Crippen LogP contribution is 2.32. The zero-order valence-electron chi connectivity index (χ0n) is 16.8. The van der Waals surface area contributed by atoms with Crippen LogP contribution in [0.3, 0.4) is 0 Å². The van der Waals surface area contributed by atoms with Gasteiger partial charge in [0.25, 0.3) is 5.69 Å². The predicted octanol–water partition coefficient (Wildman–Crippen LogP) is 6.71. The summed E-state index contributed by atoms with van der Waals surface area (Å²) in [7, 11) is 0. The van der Waals surface area contributed by atoms with Crippen molar-refractivity contribution < 1.29 is 18.1 Å². The highest BCUT2D eigenvalue weighted by atomic mass is 19.4. The van der Waals surface area contributed by atoms with Gasteiger partial charge < -0.3 is 0 Å². The Balaban J connectivity index is 1.72. The normalized spacial score (nSPS) is 11.4. The molecule has 0 bridgehead atoms. The van der Waals surface area contributed by atoms with Gasteiger partial charge in [-0.1, -0.05) is 30.3 Å². The van der Waals surface area contributed by atoms with Crippen molar-refractivity contribution in [3.8, 4) is 33.8 Å². The Morgan fingerprint density at radius 1 is 0.750 bits per heavy atom. The van der Waals surface area contributed by atoms with Gasteiger partial charge in [-0.25, -0.2) is 4.98 Å². The van der Waals surface area contributed by atoms with Crippen LogP contribution in [0.1, 0.15) is 11.3 Å². The first-order valence-electron chi connectivity index (χ1n) is 9.59. The minimum absolute atomic E-state index is 0.0343. The van der Waals surface area contributed by atoms with Gasteiger partial charge in [-0.2, -0.15) is 13.2 Å². The van der Waals surface area contributed by atoms with Crippen LogP contribution in [0.25, 0.3) is 33.8 Å². The van der Waals surface area contributed by atoms with E-state index < -0.39 is 16.7 Å². The predicted molar refractivity (Wildman–Crippen MR) is 115 cm³/mol. The van der Waals surface area contributed by atoms with Crippen molar-refractivity contribution in [2.75, 3.05) is 0 Å². The maximum absolute atomic E-state index is 12.9. The highest BCUT2D eigenvalue weighted by Gasteiger charge is 2.30. The van der Waals surface area contributed by atoms with E-state index in [1.54, 1.807) is 49.4 Å². The van der Waals surface area contributed by atoms with E-state index in [1.807, 2.05) is 0 Å². The molecule has 2 aromatic carbocycles. The number of alkyl halides is 3. The van der Waals surface area contributed by atoms with Gasteiger partial charge in [0.1, 0.15) is 0 Å². The Kier molecular flexibility index (Phi) is 5.44. The molecule has 4 rings (SSSR count). The van der Waals surface area contributed by atoms with Crippen LogP contribution in [-0.4, -0.2) is 14.9 Å². The van der Waals surface area contributed by atoms with Gasteiger partial charge in [0, 0.05) is 23.4 Å². The van der Waals surface area contributed by atoms with Crippen molar-refractivity contribution in [3.05, 3.63) is 100 Å². The number of nitro benzene ring substituents is 1. The van der Waals surface area contributed by atoms with Crippen LogP contribution in [0.15, 0.2) is 78.9 Å². The number of aromatic nitrogens is 2. The van der Waals surface area contributed by atoms with Crippen LogP contribution in [0.4, 0.5) is 18.9 Å². The van der Waals surface area contributed by atoms with Crippen molar-refractivity contribution in [3.63, 3.8) is 0 Å². The SMILES string of the molecule is Cc1cc(-c2ccc(C(F)(F)F)cc2)cc(-c2cccc(-c3cccc([N+](=O)[O-])c3)n2)n1. The van der Waals surface area contributed by atoms with Crippen molar-refractivity contribution in [1.29, 1.82) is 0 Å². The number of aryl methyl sites for hydroxylation is 1. The number of halogens is 3. The Labute approximate surface area is 181 Å². The third-order valence-corrected chi connectivity index (χ3v) is 4.86. The second-order valence-electron chi connectivity index (χ2n) is 7.17. The van der Waals surface area contributed by atoms with Gasteiger partial charge in [0.05, 0.1) is 27.6 Å². The minimum atomic E-state index is -4.39. The lowest BCUT2D eigenvalue weighted by molar-refractivity contribution is -0.384. The van der Waals surface area contributed by atoms with Crippen molar-refractivity contribution in [1.82, 2.24) is 9.97 Å². The van der Waals surface area contributed by atoms with Crippen LogP contribution in [0.2, 0.25) is 0 Å². The number of nitrogens with zero attached hydrogens (tertiary/aromatic N) is 3. The zero-order chi connectivity index (χ0) is 22.9. The average Bonchev–Trinajstić information content (AvgIpc) is 2.78. The summed E-state index contributed by atoms with van der Waals surface area (Å²) in [4.78, 5) is 19.7. The third-order valence-electron chi connectivity index (χ3n) is 4.86. The molecule has 160 valence electrons. The second kappa shape index (κ2) is 8.22. The maximum Gasteiger partial charge on any atom is 0.416 e. The van der Waals surface area contributed by atoms with Crippen molar-refractivity contribution >= 4 is 5.69 Å². The molecule has 0 unspecified atom stereocenters. The molecule has 0 N–H and O–H groups in total. The average molecular weight is 435 g/mol. The van der Waals surface area contributed by atoms with E-state index in [9.17, 15) is 23.3 Å². The molecular weight excluding hydrogens is 419 g/mol. The lowest BCUT2D eigenvalue weighted by Gasteiger charge is -2.10. The largest absolute Gasteiger partial charge is 0.416 e. The molecule has 2 aromatic heterocycles. The summed E-state index contributed by atoms with van der Waals surface area (Å²) in [6.45, 7) is 1.79. The molecular formula is C24H16F3N3O2. The number of non-ortho nitro benzene ring substituents is 1. The Bertz CT molecular complexity index is 1300. The molecule has 0 amide bonds. The van der Waals surface area contributed by atoms with Gasteiger partial charge in [-0.05, 0) is 54.4 Å². The highest BCUT2D eigenvalue weighted by molar-refractivity contribution is 5.71. The molecule has 32 heavy (non-hydrogen) atoms. The first kappa shape index (κ1) is 21.2. The molecule has 0 aliphatic heterocycles. The monoisotopic (exact) mass is 435 g/mol. The first-order valence-corrected chi connectivity index (χ1v) is 9.59. The molecule has 0 spiro atoms. The van der Waals surface area contributed by atoms with Crippen molar-refractivity contribution in [2.24, 2.45) is 0 Å². The van der Waals surface area contributed by atoms with Crippen LogP contribution in [-0.2, 0) is 6.18 Å². The molecule has 5 nitrogen and oxygen atoms in total. The number of hydrogen-bond donors (Lipinski definition) is 0. The molecule has 8 heteroatoms. The molecule has 0 fully saturated rings. The molecule has 0 aliphatic carbocycles. The van der Waals surface area contributed by atoms with Gasteiger partial charge >= 0.3 is 6.18 Å². The Morgan fingerprint density at radius 2 is 1.44 bits per heavy atom. The number of pyridine rings is 2. The molecule has 0 saturated carbocycles. The number of rotatable bonds is 4. The second-order valence-corrected chi connectivity index (χ2v) is 7.17. The number of nitro groups is 1. The van der Waals surface area contributed by atoms with E-state index in [4.69, 9.17) is 0 Å². The summed E-state index contributed by atoms with van der Waals surface area (Å²) in [6.07, 6.45) is -4.39. The van der Waals surface area contributed by atoms with Crippen LogP contribution in [0, 0.1) is 17.0 Å². The summed E-state index contributed by atoms with van der Waals surface area (Å²) in [5.74, 6) is 0. The van der Waals surface area contributed by atoms with E-state index >= 15 is 0 Å². The molecule has 2 heterocycles. The van der Waals surface area contributed by atoms with Gasteiger partial charge in [-0.15, -0.1) is 0 Å². The van der Waals surface area contributed by atoms with Gasteiger partial charge in [-0.3, -0.25) is 15.1 Å². The fourth-order valence-electron chi connectivity index (χ4n) is 3.34. The van der Waals surface area contributed by atoms with E-state index in [2.05, 4.69) is 9.97 Å². The van der Waals surface area contributed by atoms with Crippen LogP contribution in [0.5, 0.6) is 0 Å². The minimum Gasteiger partial charge on any atom is -0.258 e. The zero-order valence-corrected chi connectivity index (χ0v) is 16.8. The molecule has 0 aliphatic rings. The van der Waals surface area contributed by atoms with Gasteiger partial charge in [0.2, 0.25) is 0 Å². The summed E-state index contributed by atoms with van der Waals surface area (Å²) >= 11 is 0. The summed E-state index contributed by atoms with van der Waals surface area (Å²) in [6, 6.07) is 20.0. The molecule has 0 saturated heterocycles. The fourth-order valence-corrected chi connectivity index (χ4v) is 3.34. The van der Waals surface area contributed by atoms with Crippen LogP contribution < -0.4 is 0 Å². The smallest absolute Gasteiger partial charge is 0.258 e. The van der Waals surface area contributed by atoms with E-state index in [0.29, 0.717) is 39.5 Å². The standard InChI is InChI=1S/C24H16F3N3O2/c1-15-12-18(16-8-10-19(11-9-16)24(25,26)27)14-23(28-15)22-7-3-6-21(29-22)17-4-2-5-20(13-17)30(31)32/h2-14H,1H3. The fraction of sp³-hybridized carbons (Fsp3) is 0.0833. The van der Waals surface area contributed by atoms with E-state index in [-0.39, 0.29) is 5.69 Å². The van der Waals surface area contributed by atoms with Gasteiger partial charge in [0.15, 0.2) is 0 Å². The maximum atomic E-state index is 12.9. The van der Waals surface area contributed by atoms with Crippen LogP contribution >= 0.6 is 0 Å². The summed E-state index contributed by atoms with van der Waals surface area (Å²) in [5.41, 5.74) is 3.51. The first-order chi connectivity index (χ1) is 15.2. The topological polar surface area (TPSA) is 68.9 Å². The molecule has 0 atom stereocenters. The summed E-state index contributed by atoms with van der Waals surface area (Å²) in [5, 5.41) is 11.1. The molecule has 0 radical (unpaired) electrons. The van der Waals surface area contributed by atoms with E-state index in [1.165, 1.54) is 24.3 Å². The quantitative estimate of drug-likeness (QED) is 0.264. The Morgan fingerprint density at radius 3 is 2.12 bits per heavy atom. The Hall–Kier alpha value is -4.07. The third kappa shape index (κ3) is 4.49. The number of benzene rings is 2.